The highest BCUT2D eigenvalue weighted by atomic mass is 16.5. The molecule has 0 unspecified atom stereocenters. The van der Waals surface area contributed by atoms with Gasteiger partial charge in [0.15, 0.2) is 0 Å². The van der Waals surface area contributed by atoms with Crippen molar-refractivity contribution in [2.24, 2.45) is 5.73 Å². The summed E-state index contributed by atoms with van der Waals surface area (Å²) in [6, 6.07) is 12.7. The number of nitrogens with zero attached hydrogens (tertiary/aromatic N) is 3. The maximum atomic E-state index is 12.4. The quantitative estimate of drug-likeness (QED) is 0.429. The van der Waals surface area contributed by atoms with E-state index < -0.39 is 5.91 Å². The number of hydrogen-bond acceptors (Lipinski definition) is 5. The number of carbonyl (C=O) groups is 3. The molecule has 0 aliphatic rings. The van der Waals surface area contributed by atoms with Crippen LogP contribution in [-0.2, 0) is 17.9 Å². The number of fused-ring (bicyclic) bond motifs is 1. The third kappa shape index (κ3) is 5.79. The normalized spacial score (nSPS) is 10.6. The summed E-state index contributed by atoms with van der Waals surface area (Å²) in [5.74, 6) is -0.147. The zero-order valence-corrected chi connectivity index (χ0v) is 18.9. The van der Waals surface area contributed by atoms with Crippen LogP contribution in [-0.4, -0.2) is 53.0 Å². The monoisotopic (exact) mass is 452 g/mol. The first kappa shape index (κ1) is 23.6. The van der Waals surface area contributed by atoms with Gasteiger partial charge in [-0.3, -0.25) is 14.9 Å². The van der Waals surface area contributed by atoms with Crippen LogP contribution < -0.4 is 21.1 Å². The predicted octanol–water partition coefficient (Wildman–Crippen LogP) is 2.33. The van der Waals surface area contributed by atoms with Gasteiger partial charge in [0.1, 0.15) is 11.3 Å². The minimum absolute atomic E-state index is 0.180. The number of anilines is 1. The molecule has 0 aliphatic carbocycles. The van der Waals surface area contributed by atoms with Crippen LogP contribution in [0.1, 0.15) is 29.3 Å². The van der Waals surface area contributed by atoms with Crippen molar-refractivity contribution in [1.82, 2.24) is 19.8 Å². The lowest BCUT2D eigenvalue weighted by Gasteiger charge is -2.18. The number of urea groups is 1. The Bertz CT molecular complexity index is 1160. The number of primary amides is 1. The summed E-state index contributed by atoms with van der Waals surface area (Å²) in [5, 5.41) is 5.60. The summed E-state index contributed by atoms with van der Waals surface area (Å²) in [4.78, 5) is 41.8. The molecule has 0 aliphatic heterocycles. The molecule has 3 aromatic rings. The highest BCUT2D eigenvalue weighted by Crippen LogP contribution is 2.30. The molecule has 0 bridgehead atoms. The topological polar surface area (TPSA) is 132 Å². The number of carbonyl (C=O) groups excluding carboxylic acids is 3. The van der Waals surface area contributed by atoms with E-state index in [1.807, 2.05) is 30.3 Å². The fourth-order valence-corrected chi connectivity index (χ4v) is 3.49. The summed E-state index contributed by atoms with van der Waals surface area (Å²) < 4.78 is 7.24. The Morgan fingerprint density at radius 2 is 1.91 bits per heavy atom. The molecule has 4 N–H and O–H groups in total. The van der Waals surface area contributed by atoms with E-state index in [1.54, 1.807) is 28.6 Å². The van der Waals surface area contributed by atoms with Gasteiger partial charge in [-0.1, -0.05) is 30.3 Å². The van der Waals surface area contributed by atoms with E-state index in [0.717, 1.165) is 5.56 Å². The summed E-state index contributed by atoms with van der Waals surface area (Å²) >= 11 is 0. The standard InChI is InChI=1S/C23H28N6O4/c1-15(30)26-22-27-18-12-17(21(24)31)13-19(33-3)20(18)29(22)11-7-10-25-23(32)28(2)14-16-8-5-4-6-9-16/h4-6,8-9,12-13H,7,10-11,14H2,1-3H3,(H2,24,31)(H,25,32)(H,26,27,30). The maximum absolute atomic E-state index is 12.4. The molecular formula is C23H28N6O4. The van der Waals surface area contributed by atoms with Crippen LogP contribution in [0.3, 0.4) is 0 Å². The fraction of sp³-hybridized carbons (Fsp3) is 0.304. The molecule has 0 fully saturated rings. The molecule has 0 saturated heterocycles. The number of nitrogens with one attached hydrogen (secondary N) is 2. The molecule has 3 rings (SSSR count). The van der Waals surface area contributed by atoms with Gasteiger partial charge < -0.3 is 25.3 Å². The van der Waals surface area contributed by atoms with Gasteiger partial charge in [0.25, 0.3) is 0 Å². The number of aryl methyl sites for hydroxylation is 1. The Kier molecular flexibility index (Phi) is 7.50. The third-order valence-corrected chi connectivity index (χ3v) is 5.04. The Labute approximate surface area is 191 Å². The second-order valence-electron chi connectivity index (χ2n) is 7.61. The van der Waals surface area contributed by atoms with E-state index in [9.17, 15) is 14.4 Å². The van der Waals surface area contributed by atoms with E-state index in [-0.39, 0.29) is 17.5 Å². The van der Waals surface area contributed by atoms with Crippen molar-refractivity contribution in [3.63, 3.8) is 0 Å². The predicted molar refractivity (Wildman–Crippen MR) is 125 cm³/mol. The highest BCUT2D eigenvalue weighted by Gasteiger charge is 2.18. The van der Waals surface area contributed by atoms with Gasteiger partial charge in [-0.2, -0.15) is 0 Å². The van der Waals surface area contributed by atoms with Crippen LogP contribution in [0.2, 0.25) is 0 Å². The summed E-state index contributed by atoms with van der Waals surface area (Å²) in [6.45, 7) is 2.75. The molecule has 0 radical (unpaired) electrons. The van der Waals surface area contributed by atoms with E-state index in [0.29, 0.717) is 48.8 Å². The first-order valence-corrected chi connectivity index (χ1v) is 10.5. The Balaban J connectivity index is 1.71. The highest BCUT2D eigenvalue weighted by molar-refractivity contribution is 5.99. The van der Waals surface area contributed by atoms with Crippen molar-refractivity contribution in [3.8, 4) is 5.75 Å². The Morgan fingerprint density at radius 3 is 2.55 bits per heavy atom. The Hall–Kier alpha value is -4.08. The van der Waals surface area contributed by atoms with Crippen molar-refractivity contribution in [2.45, 2.75) is 26.4 Å². The van der Waals surface area contributed by atoms with Gasteiger partial charge in [0.2, 0.25) is 17.8 Å². The van der Waals surface area contributed by atoms with Crippen molar-refractivity contribution in [2.75, 3.05) is 26.0 Å². The molecule has 33 heavy (non-hydrogen) atoms. The van der Waals surface area contributed by atoms with E-state index in [4.69, 9.17) is 10.5 Å². The summed E-state index contributed by atoms with van der Waals surface area (Å²) in [7, 11) is 3.22. The lowest BCUT2D eigenvalue weighted by Crippen LogP contribution is -2.37. The van der Waals surface area contributed by atoms with E-state index in [2.05, 4.69) is 15.6 Å². The summed E-state index contributed by atoms with van der Waals surface area (Å²) in [6.07, 6.45) is 0.573. The molecule has 1 heterocycles. The van der Waals surface area contributed by atoms with Crippen LogP contribution in [0, 0.1) is 0 Å². The molecular weight excluding hydrogens is 424 g/mol. The van der Waals surface area contributed by atoms with Crippen LogP contribution >= 0.6 is 0 Å². The smallest absolute Gasteiger partial charge is 0.317 e. The molecule has 4 amide bonds. The van der Waals surface area contributed by atoms with Gasteiger partial charge in [0.05, 0.1) is 12.6 Å². The van der Waals surface area contributed by atoms with Gasteiger partial charge in [-0.05, 0) is 24.1 Å². The number of aromatic nitrogens is 2. The van der Waals surface area contributed by atoms with Crippen LogP contribution in [0.4, 0.5) is 10.7 Å². The van der Waals surface area contributed by atoms with Crippen molar-refractivity contribution >= 4 is 34.8 Å². The van der Waals surface area contributed by atoms with Crippen LogP contribution in [0.15, 0.2) is 42.5 Å². The number of benzene rings is 2. The second kappa shape index (κ2) is 10.5. The van der Waals surface area contributed by atoms with Gasteiger partial charge in [-0.15, -0.1) is 0 Å². The van der Waals surface area contributed by atoms with Gasteiger partial charge in [0, 0.05) is 39.2 Å². The van der Waals surface area contributed by atoms with Crippen molar-refractivity contribution in [3.05, 3.63) is 53.6 Å². The average Bonchev–Trinajstić information content (AvgIpc) is 3.12. The molecule has 10 heteroatoms. The van der Waals surface area contributed by atoms with Gasteiger partial charge in [-0.25, -0.2) is 9.78 Å². The number of nitrogens with two attached hydrogens (primary N) is 1. The van der Waals surface area contributed by atoms with E-state index in [1.165, 1.54) is 14.0 Å². The SMILES string of the molecule is COc1cc(C(N)=O)cc2nc(NC(C)=O)n(CCCNC(=O)N(C)Cc3ccccc3)c12. The minimum Gasteiger partial charge on any atom is -0.494 e. The number of amides is 4. The number of rotatable bonds is 9. The number of methoxy groups -OCH3 is 1. The van der Waals surface area contributed by atoms with E-state index >= 15 is 0 Å². The lowest BCUT2D eigenvalue weighted by molar-refractivity contribution is -0.114. The molecule has 2 aromatic carbocycles. The van der Waals surface area contributed by atoms with Crippen LogP contribution in [0.5, 0.6) is 5.75 Å². The first-order valence-electron chi connectivity index (χ1n) is 10.5. The Morgan fingerprint density at radius 1 is 1.18 bits per heavy atom. The molecule has 0 atom stereocenters. The van der Waals surface area contributed by atoms with Gasteiger partial charge >= 0.3 is 6.03 Å². The molecule has 10 nitrogen and oxygen atoms in total. The molecule has 174 valence electrons. The average molecular weight is 453 g/mol. The summed E-state index contributed by atoms with van der Waals surface area (Å²) in [5.41, 5.74) is 7.81. The zero-order valence-electron chi connectivity index (χ0n) is 18.9. The number of ether oxygens (including phenoxy) is 1. The fourth-order valence-electron chi connectivity index (χ4n) is 3.49. The lowest BCUT2D eigenvalue weighted by atomic mass is 10.1. The van der Waals surface area contributed by atoms with Crippen molar-refractivity contribution < 1.29 is 19.1 Å². The molecule has 0 saturated carbocycles. The largest absolute Gasteiger partial charge is 0.494 e. The molecule has 0 spiro atoms. The zero-order chi connectivity index (χ0) is 24.0. The van der Waals surface area contributed by atoms with Crippen LogP contribution in [0.25, 0.3) is 11.0 Å². The maximum Gasteiger partial charge on any atom is 0.317 e. The molecule has 1 aromatic heterocycles. The third-order valence-electron chi connectivity index (χ3n) is 5.04. The minimum atomic E-state index is -0.604. The number of imidazole rings is 1. The second-order valence-corrected chi connectivity index (χ2v) is 7.61. The number of hydrogen-bond donors (Lipinski definition) is 3. The first-order chi connectivity index (χ1) is 15.8. The van der Waals surface area contributed by atoms with Crippen molar-refractivity contribution in [1.29, 1.82) is 0 Å².